The Morgan fingerprint density at radius 1 is 0.451 bits per heavy atom. The molecule has 0 bridgehead atoms. The van der Waals surface area contributed by atoms with Crippen LogP contribution in [0.25, 0.3) is 98.2 Å². The van der Waals surface area contributed by atoms with E-state index in [0.717, 1.165) is 55.0 Å². The van der Waals surface area contributed by atoms with Gasteiger partial charge < -0.3 is 4.57 Å². The van der Waals surface area contributed by atoms with Gasteiger partial charge in [-0.2, -0.15) is 9.97 Å². The van der Waals surface area contributed by atoms with E-state index in [2.05, 4.69) is 142 Å². The van der Waals surface area contributed by atoms with Crippen LogP contribution < -0.4 is 0 Å². The van der Waals surface area contributed by atoms with Crippen LogP contribution in [0.15, 0.2) is 158 Å². The average Bonchev–Trinajstić information content (AvgIpc) is 3.86. The van der Waals surface area contributed by atoms with Crippen LogP contribution in [0, 0.1) is 0 Å². The van der Waals surface area contributed by atoms with Gasteiger partial charge in [0.15, 0.2) is 11.6 Å². The Morgan fingerprint density at radius 3 is 1.92 bits per heavy atom. The second-order valence-electron chi connectivity index (χ2n) is 12.7. The van der Waals surface area contributed by atoms with E-state index in [1.165, 1.54) is 25.6 Å². The van der Waals surface area contributed by atoms with Crippen molar-refractivity contribution in [3.8, 4) is 34.4 Å². The molecule has 0 spiro atoms. The third-order valence-electron chi connectivity index (χ3n) is 9.90. The van der Waals surface area contributed by atoms with Gasteiger partial charge in [0.05, 0.1) is 32.5 Å². The Hall–Kier alpha value is -6.70. The first kappa shape index (κ1) is 28.2. The van der Waals surface area contributed by atoms with Gasteiger partial charge in [-0.15, -0.1) is 11.3 Å². The van der Waals surface area contributed by atoms with E-state index in [0.29, 0.717) is 17.6 Å². The molecule has 0 aliphatic rings. The third kappa shape index (κ3) is 4.16. The lowest BCUT2D eigenvalue weighted by Crippen LogP contribution is -2.07. The molecule has 0 unspecified atom stereocenters. The summed E-state index contributed by atoms with van der Waals surface area (Å²) in [5.74, 6) is 1.79. The Balaban J connectivity index is 1.24. The average molecular weight is 671 g/mol. The molecule has 11 rings (SSSR count). The predicted molar refractivity (Wildman–Crippen MR) is 210 cm³/mol. The van der Waals surface area contributed by atoms with Gasteiger partial charge >= 0.3 is 0 Å². The maximum Gasteiger partial charge on any atom is 0.238 e. The lowest BCUT2D eigenvalue weighted by Gasteiger charge is -2.15. The minimum Gasteiger partial charge on any atom is -0.307 e. The molecular weight excluding hydrogens is 645 g/mol. The summed E-state index contributed by atoms with van der Waals surface area (Å²) >= 11 is 1.83. The van der Waals surface area contributed by atoms with Crippen LogP contribution >= 0.6 is 11.3 Å². The number of fused-ring (bicyclic) bond motifs is 10. The van der Waals surface area contributed by atoms with Crippen molar-refractivity contribution in [1.29, 1.82) is 0 Å². The smallest absolute Gasteiger partial charge is 0.238 e. The molecule has 5 aromatic heterocycles. The largest absolute Gasteiger partial charge is 0.307 e. The number of rotatable bonds is 4. The second-order valence-corrected chi connectivity index (χ2v) is 13.8. The van der Waals surface area contributed by atoms with Crippen molar-refractivity contribution in [3.05, 3.63) is 158 Å². The van der Waals surface area contributed by atoms with Crippen molar-refractivity contribution in [2.75, 3.05) is 0 Å². The van der Waals surface area contributed by atoms with Crippen LogP contribution in [-0.4, -0.2) is 29.1 Å². The first-order valence-electron chi connectivity index (χ1n) is 16.9. The second kappa shape index (κ2) is 10.9. The number of hydrogen-bond donors (Lipinski definition) is 0. The highest BCUT2D eigenvalue weighted by Crippen LogP contribution is 2.44. The zero-order chi connectivity index (χ0) is 33.5. The fourth-order valence-corrected chi connectivity index (χ4v) is 8.91. The van der Waals surface area contributed by atoms with Gasteiger partial charge in [0, 0.05) is 60.5 Å². The Kier molecular flexibility index (Phi) is 6.02. The molecule has 238 valence electrons. The number of pyridine rings is 1. The number of aromatic nitrogens is 6. The first-order valence-corrected chi connectivity index (χ1v) is 17.7. The highest BCUT2D eigenvalue weighted by molar-refractivity contribution is 7.26. The minimum absolute atomic E-state index is 0.573. The molecular formula is C44H26N6S. The fourth-order valence-electron chi connectivity index (χ4n) is 7.67. The van der Waals surface area contributed by atoms with Gasteiger partial charge in [-0.05, 0) is 36.4 Å². The molecule has 0 radical (unpaired) electrons. The number of nitrogens with zero attached hydrogens (tertiary/aromatic N) is 6. The first-order chi connectivity index (χ1) is 25.3. The summed E-state index contributed by atoms with van der Waals surface area (Å²) < 4.78 is 7.05. The fraction of sp³-hybridized carbons (Fsp3) is 0. The van der Waals surface area contributed by atoms with Crippen molar-refractivity contribution in [2.24, 2.45) is 0 Å². The Morgan fingerprint density at radius 2 is 1.10 bits per heavy atom. The number of thiophene rings is 1. The van der Waals surface area contributed by atoms with Gasteiger partial charge in [-0.3, -0.25) is 9.55 Å². The van der Waals surface area contributed by atoms with E-state index in [-0.39, 0.29) is 0 Å². The van der Waals surface area contributed by atoms with Gasteiger partial charge in [-0.1, -0.05) is 109 Å². The van der Waals surface area contributed by atoms with Crippen LogP contribution in [0.4, 0.5) is 0 Å². The minimum atomic E-state index is 0.573. The number of para-hydroxylation sites is 3. The maximum absolute atomic E-state index is 5.32. The molecule has 0 saturated carbocycles. The van der Waals surface area contributed by atoms with Crippen LogP contribution in [0.5, 0.6) is 0 Å². The SMILES string of the molecule is c1ccc(-c2nc(-c3ccccc3-n3c4ccncc4c4ccc5c6ccccc6sc5c43)nc(-n3c4ccccc4c4ccccc43)n2)cc1. The molecule has 0 saturated heterocycles. The molecule has 6 aromatic carbocycles. The summed E-state index contributed by atoms with van der Waals surface area (Å²) in [7, 11) is 0. The molecule has 7 heteroatoms. The highest BCUT2D eigenvalue weighted by Gasteiger charge is 2.22. The van der Waals surface area contributed by atoms with Crippen molar-refractivity contribution < 1.29 is 0 Å². The van der Waals surface area contributed by atoms with Gasteiger partial charge in [0.1, 0.15) is 0 Å². The van der Waals surface area contributed by atoms with E-state index in [1.54, 1.807) is 0 Å². The number of hydrogen-bond acceptors (Lipinski definition) is 5. The lowest BCUT2D eigenvalue weighted by atomic mass is 10.1. The molecule has 0 fully saturated rings. The summed E-state index contributed by atoms with van der Waals surface area (Å²) in [6, 6.07) is 50.8. The van der Waals surface area contributed by atoms with Crippen LogP contribution in [0.2, 0.25) is 0 Å². The molecule has 0 atom stereocenters. The van der Waals surface area contributed by atoms with E-state index < -0.39 is 0 Å². The summed E-state index contributed by atoms with van der Waals surface area (Å²) in [5.41, 5.74) is 7.16. The summed E-state index contributed by atoms with van der Waals surface area (Å²) in [6.07, 6.45) is 3.85. The normalized spacial score (nSPS) is 11.9. The quantitative estimate of drug-likeness (QED) is 0.187. The van der Waals surface area contributed by atoms with Gasteiger partial charge in [0.2, 0.25) is 5.95 Å². The molecule has 5 heterocycles. The van der Waals surface area contributed by atoms with Crippen LogP contribution in [0.3, 0.4) is 0 Å². The van der Waals surface area contributed by atoms with Crippen LogP contribution in [-0.2, 0) is 0 Å². The van der Waals surface area contributed by atoms with Crippen molar-refractivity contribution in [1.82, 2.24) is 29.1 Å². The zero-order valence-corrected chi connectivity index (χ0v) is 27.9. The van der Waals surface area contributed by atoms with Crippen molar-refractivity contribution in [3.63, 3.8) is 0 Å². The van der Waals surface area contributed by atoms with Crippen LogP contribution in [0.1, 0.15) is 0 Å². The van der Waals surface area contributed by atoms with E-state index in [1.807, 2.05) is 41.9 Å². The highest BCUT2D eigenvalue weighted by atomic mass is 32.1. The van der Waals surface area contributed by atoms with E-state index in [9.17, 15) is 0 Å². The number of benzene rings is 6. The van der Waals surface area contributed by atoms with Gasteiger partial charge in [-0.25, -0.2) is 4.98 Å². The Bertz CT molecular complexity index is 3100. The molecule has 0 aliphatic heterocycles. The summed E-state index contributed by atoms with van der Waals surface area (Å²) in [6.45, 7) is 0. The predicted octanol–water partition coefficient (Wildman–Crippen LogP) is 11.2. The van der Waals surface area contributed by atoms with Gasteiger partial charge in [0.25, 0.3) is 0 Å². The molecule has 0 aliphatic carbocycles. The molecule has 51 heavy (non-hydrogen) atoms. The third-order valence-corrected chi connectivity index (χ3v) is 11.1. The molecule has 11 aromatic rings. The molecule has 0 N–H and O–H groups in total. The van der Waals surface area contributed by atoms with Crippen molar-refractivity contribution >= 4 is 75.1 Å². The molecule has 0 amide bonds. The monoisotopic (exact) mass is 670 g/mol. The standard InChI is InChI=1S/C44H26N6S/c1-2-12-27(13-3-1)42-46-43(48-44(47-42)50-35-18-8-4-14-28(35)29-15-5-9-19-36(29)50)33-17-6-10-20-37(33)49-38-24-25-45-26-34(38)31-22-23-32-30-16-7-11-21-39(30)51-41(32)40(31)49/h1-26H. The van der Waals surface area contributed by atoms with E-state index in [4.69, 9.17) is 15.0 Å². The van der Waals surface area contributed by atoms with E-state index >= 15 is 0 Å². The van der Waals surface area contributed by atoms with Crippen molar-refractivity contribution in [2.45, 2.75) is 0 Å². The maximum atomic E-state index is 5.32. The lowest BCUT2D eigenvalue weighted by molar-refractivity contribution is 0.952. The summed E-state index contributed by atoms with van der Waals surface area (Å²) in [4.78, 5) is 20.2. The Labute approximate surface area is 295 Å². The zero-order valence-electron chi connectivity index (χ0n) is 27.1. The summed E-state index contributed by atoms with van der Waals surface area (Å²) in [5, 5.41) is 7.10. The molecule has 6 nitrogen and oxygen atoms in total. The topological polar surface area (TPSA) is 61.4 Å².